The summed E-state index contributed by atoms with van der Waals surface area (Å²) >= 11 is 0. The first-order valence-corrected chi connectivity index (χ1v) is 6.66. The molecule has 0 saturated heterocycles. The summed E-state index contributed by atoms with van der Waals surface area (Å²) in [6.07, 6.45) is 0. The van der Waals surface area contributed by atoms with Crippen LogP contribution in [0.2, 0.25) is 0 Å². The van der Waals surface area contributed by atoms with Gasteiger partial charge >= 0.3 is 0 Å². The number of amides is 3. The topological polar surface area (TPSA) is 109 Å². The molecule has 0 aliphatic rings. The molecule has 0 heterocycles. The van der Waals surface area contributed by atoms with Crippen LogP contribution in [0.1, 0.15) is 13.8 Å². The van der Waals surface area contributed by atoms with Crippen LogP contribution in [0, 0.1) is 0 Å². The van der Waals surface area contributed by atoms with Gasteiger partial charge in [-0.25, -0.2) is 0 Å². The van der Waals surface area contributed by atoms with Crippen molar-refractivity contribution in [3.63, 3.8) is 0 Å². The van der Waals surface area contributed by atoms with Gasteiger partial charge in [-0.3, -0.25) is 25.2 Å². The monoisotopic (exact) mass is 308 g/mol. The second kappa shape index (κ2) is 8.50. The van der Waals surface area contributed by atoms with Crippen molar-refractivity contribution < 1.29 is 19.1 Å². The first kappa shape index (κ1) is 17.3. The van der Waals surface area contributed by atoms with Gasteiger partial charge in [-0.05, 0) is 31.2 Å². The van der Waals surface area contributed by atoms with E-state index < -0.39 is 17.9 Å². The Morgan fingerprint density at radius 3 is 2.32 bits per heavy atom. The molecule has 1 aromatic rings. The van der Waals surface area contributed by atoms with Crippen LogP contribution in [0.15, 0.2) is 24.3 Å². The average Bonchev–Trinajstić information content (AvgIpc) is 2.50. The molecule has 0 aliphatic carbocycles. The highest BCUT2D eigenvalue weighted by Crippen LogP contribution is 2.14. The molecule has 0 unspecified atom stereocenters. The van der Waals surface area contributed by atoms with Crippen molar-refractivity contribution in [3.05, 3.63) is 24.3 Å². The smallest absolute Gasteiger partial charge is 0.260 e. The van der Waals surface area contributed by atoms with Crippen LogP contribution in [-0.4, -0.2) is 37.4 Å². The molecule has 0 radical (unpaired) electrons. The largest absolute Gasteiger partial charge is 0.497 e. The third kappa shape index (κ3) is 6.12. The first-order chi connectivity index (χ1) is 10.4. The van der Waals surface area contributed by atoms with Crippen LogP contribution in [0.4, 0.5) is 5.69 Å². The minimum Gasteiger partial charge on any atom is -0.497 e. The maximum atomic E-state index is 11.6. The molecular formula is C14H20N4O4. The Hall–Kier alpha value is -2.77. The minimum atomic E-state index is -0.729. The molecule has 0 bridgehead atoms. The lowest BCUT2D eigenvalue weighted by molar-refractivity contribution is -0.131. The summed E-state index contributed by atoms with van der Waals surface area (Å²) in [6, 6.07) is 6.33. The Morgan fingerprint density at radius 2 is 1.77 bits per heavy atom. The van der Waals surface area contributed by atoms with Crippen molar-refractivity contribution in [2.75, 3.05) is 19.0 Å². The Morgan fingerprint density at radius 1 is 1.14 bits per heavy atom. The lowest BCUT2D eigenvalue weighted by atomic mass is 10.3. The summed E-state index contributed by atoms with van der Waals surface area (Å²) in [5, 5.41) is 5.30. The number of benzene rings is 1. The van der Waals surface area contributed by atoms with Gasteiger partial charge in [0.05, 0.1) is 13.7 Å². The van der Waals surface area contributed by atoms with Crippen molar-refractivity contribution in [1.29, 1.82) is 0 Å². The van der Waals surface area contributed by atoms with Crippen LogP contribution >= 0.6 is 0 Å². The number of hydrogen-bond donors (Lipinski definition) is 4. The predicted molar refractivity (Wildman–Crippen MR) is 81.0 cm³/mol. The van der Waals surface area contributed by atoms with E-state index in [0.29, 0.717) is 5.75 Å². The molecule has 1 rings (SSSR count). The second-order valence-electron chi connectivity index (χ2n) is 4.54. The van der Waals surface area contributed by atoms with Crippen LogP contribution in [0.5, 0.6) is 5.75 Å². The second-order valence-corrected chi connectivity index (χ2v) is 4.54. The zero-order chi connectivity index (χ0) is 16.5. The maximum absolute atomic E-state index is 11.6. The predicted octanol–water partition coefficient (Wildman–Crippen LogP) is -0.221. The van der Waals surface area contributed by atoms with Gasteiger partial charge in [-0.2, -0.15) is 0 Å². The zero-order valence-corrected chi connectivity index (χ0v) is 12.7. The summed E-state index contributed by atoms with van der Waals surface area (Å²) in [6.45, 7) is 2.81. The van der Waals surface area contributed by atoms with E-state index in [-0.39, 0.29) is 12.5 Å². The van der Waals surface area contributed by atoms with Gasteiger partial charge in [0.15, 0.2) is 0 Å². The van der Waals surface area contributed by atoms with Gasteiger partial charge < -0.3 is 15.4 Å². The summed E-state index contributed by atoms with van der Waals surface area (Å²) in [7, 11) is 1.57. The van der Waals surface area contributed by atoms with E-state index in [4.69, 9.17) is 4.74 Å². The van der Waals surface area contributed by atoms with Crippen molar-refractivity contribution >= 4 is 23.4 Å². The molecule has 3 amide bonds. The molecule has 0 aliphatic heterocycles. The van der Waals surface area contributed by atoms with E-state index >= 15 is 0 Å². The highest BCUT2D eigenvalue weighted by Gasteiger charge is 2.13. The SMILES string of the molecule is COc1ccc(NCC(=O)NNC(=O)[C@@H](C)NC(C)=O)cc1. The van der Waals surface area contributed by atoms with Gasteiger partial charge in [-0.15, -0.1) is 0 Å². The summed E-state index contributed by atoms with van der Waals surface area (Å²) in [5.41, 5.74) is 5.23. The first-order valence-electron chi connectivity index (χ1n) is 6.66. The van der Waals surface area contributed by atoms with Gasteiger partial charge in [-0.1, -0.05) is 0 Å². The lowest BCUT2D eigenvalue weighted by Crippen LogP contribution is -2.51. The molecule has 0 aromatic heterocycles. The number of anilines is 1. The molecule has 4 N–H and O–H groups in total. The highest BCUT2D eigenvalue weighted by atomic mass is 16.5. The van der Waals surface area contributed by atoms with Crippen LogP contribution in [0.25, 0.3) is 0 Å². The average molecular weight is 308 g/mol. The molecule has 0 spiro atoms. The number of hydrogen-bond acceptors (Lipinski definition) is 5. The van der Waals surface area contributed by atoms with Crippen molar-refractivity contribution in [1.82, 2.24) is 16.2 Å². The molecular weight excluding hydrogens is 288 g/mol. The Kier molecular flexibility index (Phi) is 6.68. The number of methoxy groups -OCH3 is 1. The number of nitrogens with one attached hydrogen (secondary N) is 4. The molecule has 1 atom stereocenters. The van der Waals surface area contributed by atoms with E-state index in [2.05, 4.69) is 21.5 Å². The van der Waals surface area contributed by atoms with Crippen molar-refractivity contribution in [2.45, 2.75) is 19.9 Å². The standard InChI is InChI=1S/C14H20N4O4/c1-9(16-10(2)19)14(21)18-17-13(20)8-15-11-4-6-12(22-3)7-5-11/h4-7,9,15H,8H2,1-3H3,(H,16,19)(H,17,20)(H,18,21)/t9-/m1/s1. The molecule has 1 aromatic carbocycles. The van der Waals surface area contributed by atoms with E-state index in [9.17, 15) is 14.4 Å². The third-order valence-corrected chi connectivity index (χ3v) is 2.68. The number of rotatable bonds is 6. The quantitative estimate of drug-likeness (QED) is 0.543. The molecule has 8 nitrogen and oxygen atoms in total. The fraction of sp³-hybridized carbons (Fsp3) is 0.357. The number of carbonyl (C=O) groups is 3. The van der Waals surface area contributed by atoms with Gasteiger partial charge in [0.2, 0.25) is 5.91 Å². The van der Waals surface area contributed by atoms with Crippen molar-refractivity contribution in [2.24, 2.45) is 0 Å². The van der Waals surface area contributed by atoms with Crippen molar-refractivity contribution in [3.8, 4) is 5.75 Å². The molecule has 22 heavy (non-hydrogen) atoms. The fourth-order valence-electron chi connectivity index (χ4n) is 1.55. The number of ether oxygens (including phenoxy) is 1. The molecule has 8 heteroatoms. The van der Waals surface area contributed by atoms with Crippen LogP contribution in [-0.2, 0) is 14.4 Å². The van der Waals surface area contributed by atoms with Crippen LogP contribution in [0.3, 0.4) is 0 Å². The highest BCUT2D eigenvalue weighted by molar-refractivity contribution is 5.89. The molecule has 0 fully saturated rings. The summed E-state index contributed by atoms with van der Waals surface area (Å²) < 4.78 is 5.03. The Bertz CT molecular complexity index is 530. The normalized spacial score (nSPS) is 11.0. The fourth-order valence-corrected chi connectivity index (χ4v) is 1.55. The van der Waals surface area contributed by atoms with E-state index in [1.54, 1.807) is 31.4 Å². The number of carbonyl (C=O) groups excluding carboxylic acids is 3. The minimum absolute atomic E-state index is 0.0128. The number of hydrazine groups is 1. The maximum Gasteiger partial charge on any atom is 0.260 e. The molecule has 120 valence electrons. The third-order valence-electron chi connectivity index (χ3n) is 2.68. The van der Waals surface area contributed by atoms with Gasteiger partial charge in [0.1, 0.15) is 11.8 Å². The summed E-state index contributed by atoms with van der Waals surface area (Å²) in [4.78, 5) is 33.9. The van der Waals surface area contributed by atoms with Gasteiger partial charge in [0.25, 0.3) is 11.8 Å². The zero-order valence-electron chi connectivity index (χ0n) is 12.7. The Labute approximate surface area is 128 Å². The van der Waals surface area contributed by atoms with Gasteiger partial charge in [0, 0.05) is 12.6 Å². The van der Waals surface area contributed by atoms with E-state index in [0.717, 1.165) is 5.69 Å². The molecule has 0 saturated carbocycles. The summed E-state index contributed by atoms with van der Waals surface area (Å²) in [5.74, 6) is -0.531. The van der Waals surface area contributed by atoms with E-state index in [1.807, 2.05) is 0 Å². The van der Waals surface area contributed by atoms with Crippen LogP contribution < -0.4 is 26.2 Å². The Balaban J connectivity index is 2.30. The lowest BCUT2D eigenvalue weighted by Gasteiger charge is -2.13. The van der Waals surface area contributed by atoms with E-state index in [1.165, 1.54) is 13.8 Å².